The highest BCUT2D eigenvalue weighted by molar-refractivity contribution is 5.78. The van der Waals surface area contributed by atoms with E-state index in [1.165, 1.54) is 11.1 Å². The minimum atomic E-state index is 0.0996. The maximum Gasteiger partial charge on any atom is 0.220 e. The Hall–Kier alpha value is -2.82. The van der Waals surface area contributed by atoms with E-state index in [0.29, 0.717) is 19.4 Å². The van der Waals surface area contributed by atoms with Crippen LogP contribution in [0.1, 0.15) is 29.8 Å². The Morgan fingerprint density at radius 2 is 1.93 bits per heavy atom. The summed E-state index contributed by atoms with van der Waals surface area (Å²) in [4.78, 5) is 16.7. The highest BCUT2D eigenvalue weighted by Crippen LogP contribution is 2.21. The number of amides is 1. The first kappa shape index (κ1) is 19.0. The van der Waals surface area contributed by atoms with E-state index in [9.17, 15) is 4.79 Å². The highest BCUT2D eigenvalue weighted by Gasteiger charge is 2.09. The molecule has 3 aromatic rings. The maximum absolute atomic E-state index is 12.1. The van der Waals surface area contributed by atoms with E-state index in [0.717, 1.165) is 35.4 Å². The summed E-state index contributed by atoms with van der Waals surface area (Å²) in [5, 5.41) is 3.00. The molecule has 3 rings (SSSR count). The van der Waals surface area contributed by atoms with Crippen molar-refractivity contribution in [3.8, 4) is 5.75 Å². The zero-order valence-electron chi connectivity index (χ0n) is 16.3. The van der Waals surface area contributed by atoms with Crippen LogP contribution in [-0.2, 0) is 24.7 Å². The van der Waals surface area contributed by atoms with Gasteiger partial charge in [0.15, 0.2) is 0 Å². The van der Waals surface area contributed by atoms with Crippen LogP contribution in [0.4, 0.5) is 0 Å². The number of fused-ring (bicyclic) bond motifs is 1. The van der Waals surface area contributed by atoms with Crippen LogP contribution in [0.25, 0.3) is 11.0 Å². The summed E-state index contributed by atoms with van der Waals surface area (Å²) in [6.45, 7) is 2.68. The third-order valence-corrected chi connectivity index (χ3v) is 4.84. The third kappa shape index (κ3) is 4.88. The van der Waals surface area contributed by atoms with Crippen LogP contribution in [0, 0.1) is 6.92 Å². The Balaban J connectivity index is 1.45. The zero-order valence-corrected chi connectivity index (χ0v) is 16.3. The molecule has 1 aromatic heterocycles. The van der Waals surface area contributed by atoms with E-state index >= 15 is 0 Å². The lowest BCUT2D eigenvalue weighted by molar-refractivity contribution is -0.121. The number of aromatic nitrogens is 2. The number of imidazole rings is 1. The number of nitrogens with zero attached hydrogens (tertiary/aromatic N) is 2. The van der Waals surface area contributed by atoms with Gasteiger partial charge in [-0.05, 0) is 37.5 Å². The lowest BCUT2D eigenvalue weighted by atomic mass is 10.1. The SMILES string of the molecule is COc1ccc2c(c1)nc(CCNC(=O)CCCc1ccc(C)cc1)n2C. The number of carbonyl (C=O) groups excluding carboxylic acids is 1. The van der Waals surface area contributed by atoms with Gasteiger partial charge >= 0.3 is 0 Å². The number of rotatable bonds is 8. The molecule has 0 spiro atoms. The van der Waals surface area contributed by atoms with Crippen molar-refractivity contribution in [2.45, 2.75) is 32.6 Å². The van der Waals surface area contributed by atoms with Gasteiger partial charge in [-0.15, -0.1) is 0 Å². The molecule has 0 bridgehead atoms. The van der Waals surface area contributed by atoms with Gasteiger partial charge in [0.1, 0.15) is 11.6 Å². The molecular formula is C22H27N3O2. The fraction of sp³-hybridized carbons (Fsp3) is 0.364. The first-order chi connectivity index (χ1) is 13.1. The van der Waals surface area contributed by atoms with Gasteiger partial charge in [-0.1, -0.05) is 29.8 Å². The first-order valence-corrected chi connectivity index (χ1v) is 9.38. The summed E-state index contributed by atoms with van der Waals surface area (Å²) < 4.78 is 7.32. The van der Waals surface area contributed by atoms with Gasteiger partial charge in [-0.25, -0.2) is 4.98 Å². The molecular weight excluding hydrogens is 338 g/mol. The van der Waals surface area contributed by atoms with Crippen LogP contribution in [0.3, 0.4) is 0 Å². The summed E-state index contributed by atoms with van der Waals surface area (Å²) in [5.41, 5.74) is 4.52. The Bertz CT molecular complexity index is 913. The van der Waals surface area contributed by atoms with E-state index < -0.39 is 0 Å². The number of aryl methyl sites for hydroxylation is 3. The van der Waals surface area contributed by atoms with Gasteiger partial charge < -0.3 is 14.6 Å². The van der Waals surface area contributed by atoms with Crippen molar-refractivity contribution in [3.05, 3.63) is 59.4 Å². The first-order valence-electron chi connectivity index (χ1n) is 9.38. The van der Waals surface area contributed by atoms with Crippen LogP contribution in [-0.4, -0.2) is 29.1 Å². The summed E-state index contributed by atoms with van der Waals surface area (Å²) in [7, 11) is 3.65. The number of hydrogen-bond donors (Lipinski definition) is 1. The molecule has 5 heteroatoms. The summed E-state index contributed by atoms with van der Waals surface area (Å²) >= 11 is 0. The van der Waals surface area contributed by atoms with Crippen molar-refractivity contribution < 1.29 is 9.53 Å². The lowest BCUT2D eigenvalue weighted by Crippen LogP contribution is -2.26. The van der Waals surface area contributed by atoms with Crippen LogP contribution in [0.15, 0.2) is 42.5 Å². The molecule has 1 heterocycles. The Labute approximate surface area is 160 Å². The van der Waals surface area contributed by atoms with Gasteiger partial charge in [-0.3, -0.25) is 4.79 Å². The molecule has 2 aromatic carbocycles. The number of ether oxygens (including phenoxy) is 1. The minimum absolute atomic E-state index is 0.0996. The van der Waals surface area contributed by atoms with Gasteiger partial charge in [0.25, 0.3) is 0 Å². The van der Waals surface area contributed by atoms with Gasteiger partial charge in [-0.2, -0.15) is 0 Å². The average molecular weight is 365 g/mol. The van der Waals surface area contributed by atoms with Crippen LogP contribution >= 0.6 is 0 Å². The summed E-state index contributed by atoms with van der Waals surface area (Å²) in [5.74, 6) is 1.86. The van der Waals surface area contributed by atoms with Gasteiger partial charge in [0, 0.05) is 32.5 Å². The fourth-order valence-corrected chi connectivity index (χ4v) is 3.19. The molecule has 142 valence electrons. The van der Waals surface area contributed by atoms with Crippen molar-refractivity contribution >= 4 is 16.9 Å². The average Bonchev–Trinajstić information content (AvgIpc) is 2.98. The fourth-order valence-electron chi connectivity index (χ4n) is 3.19. The Kier molecular flexibility index (Phi) is 6.12. The number of methoxy groups -OCH3 is 1. The molecule has 0 unspecified atom stereocenters. The topological polar surface area (TPSA) is 56.1 Å². The molecule has 27 heavy (non-hydrogen) atoms. The Morgan fingerprint density at radius 3 is 2.67 bits per heavy atom. The largest absolute Gasteiger partial charge is 0.497 e. The van der Waals surface area contributed by atoms with E-state index in [-0.39, 0.29) is 5.91 Å². The molecule has 0 fully saturated rings. The molecule has 0 radical (unpaired) electrons. The summed E-state index contributed by atoms with van der Waals surface area (Å²) in [6, 6.07) is 14.4. The predicted octanol–water partition coefficient (Wildman–Crippen LogP) is 3.57. The number of benzene rings is 2. The standard InChI is InChI=1S/C22H27N3O2/c1-16-7-9-17(10-8-16)5-4-6-22(26)23-14-13-21-24-19-15-18(27-3)11-12-20(19)25(21)2/h7-12,15H,4-6,13-14H2,1-3H3,(H,23,26). The van der Waals surface area contributed by atoms with E-state index in [1.54, 1.807) is 7.11 Å². The number of hydrogen-bond acceptors (Lipinski definition) is 3. The molecule has 0 saturated carbocycles. The van der Waals surface area contributed by atoms with Crippen LogP contribution in [0.2, 0.25) is 0 Å². The van der Waals surface area contributed by atoms with Crippen LogP contribution in [0.5, 0.6) is 5.75 Å². The van der Waals surface area contributed by atoms with Gasteiger partial charge in [0.2, 0.25) is 5.91 Å². The monoisotopic (exact) mass is 365 g/mol. The van der Waals surface area contributed by atoms with Gasteiger partial charge in [0.05, 0.1) is 18.1 Å². The molecule has 0 aliphatic rings. The second-order valence-corrected chi connectivity index (χ2v) is 6.88. The maximum atomic E-state index is 12.1. The molecule has 5 nitrogen and oxygen atoms in total. The van der Waals surface area contributed by atoms with Crippen molar-refractivity contribution in [2.75, 3.05) is 13.7 Å². The van der Waals surface area contributed by atoms with Crippen LogP contribution < -0.4 is 10.1 Å². The second-order valence-electron chi connectivity index (χ2n) is 6.88. The second kappa shape index (κ2) is 8.71. The minimum Gasteiger partial charge on any atom is -0.497 e. The third-order valence-electron chi connectivity index (χ3n) is 4.84. The smallest absolute Gasteiger partial charge is 0.220 e. The van der Waals surface area contributed by atoms with E-state index in [1.807, 2.05) is 25.2 Å². The highest BCUT2D eigenvalue weighted by atomic mass is 16.5. The predicted molar refractivity (Wildman–Crippen MR) is 108 cm³/mol. The molecule has 1 N–H and O–H groups in total. The van der Waals surface area contributed by atoms with E-state index in [4.69, 9.17) is 4.74 Å². The van der Waals surface area contributed by atoms with Crippen molar-refractivity contribution in [3.63, 3.8) is 0 Å². The zero-order chi connectivity index (χ0) is 19.2. The Morgan fingerprint density at radius 1 is 1.15 bits per heavy atom. The van der Waals surface area contributed by atoms with Crippen molar-refractivity contribution in [2.24, 2.45) is 7.05 Å². The number of carbonyl (C=O) groups is 1. The molecule has 1 amide bonds. The molecule has 0 saturated heterocycles. The molecule has 0 aliphatic heterocycles. The molecule has 0 aliphatic carbocycles. The normalized spacial score (nSPS) is 10.9. The van der Waals surface area contributed by atoms with Crippen molar-refractivity contribution in [1.29, 1.82) is 0 Å². The summed E-state index contributed by atoms with van der Waals surface area (Å²) in [6.07, 6.45) is 3.05. The van der Waals surface area contributed by atoms with Crippen molar-refractivity contribution in [1.82, 2.24) is 14.9 Å². The number of nitrogens with one attached hydrogen (secondary N) is 1. The lowest BCUT2D eigenvalue weighted by Gasteiger charge is -2.06. The quantitative estimate of drug-likeness (QED) is 0.664. The molecule has 0 atom stereocenters. The van der Waals surface area contributed by atoms with E-state index in [2.05, 4.69) is 46.1 Å².